The van der Waals surface area contributed by atoms with Crippen LogP contribution in [0.1, 0.15) is 17.3 Å². The van der Waals surface area contributed by atoms with Gasteiger partial charge in [0.05, 0.1) is 0 Å². The van der Waals surface area contributed by atoms with E-state index in [1.54, 1.807) is 12.1 Å². The third-order valence-corrected chi connectivity index (χ3v) is 1.99. The molecule has 0 saturated heterocycles. The molecule has 0 heterocycles. The largest absolute Gasteiger partial charge is 0.477 e. The van der Waals surface area contributed by atoms with Crippen molar-refractivity contribution in [2.45, 2.75) is 6.92 Å². The third kappa shape index (κ3) is 4.62. The molecule has 7 heteroatoms. The summed E-state index contributed by atoms with van der Waals surface area (Å²) in [5, 5.41) is 12.4. The van der Waals surface area contributed by atoms with Crippen molar-refractivity contribution in [3.05, 3.63) is 34.9 Å². The van der Waals surface area contributed by atoms with Crippen LogP contribution >= 0.6 is 11.6 Å². The van der Waals surface area contributed by atoms with Crippen molar-refractivity contribution >= 4 is 29.2 Å². The Hall–Kier alpha value is -1.92. The number of nitrogens with one attached hydrogen (secondary N) is 1. The molecule has 1 aromatic carbocycles. The predicted octanol–water partition coefficient (Wildman–Crippen LogP) is 0.706. The highest BCUT2D eigenvalue weighted by Gasteiger charge is 2.06. The van der Waals surface area contributed by atoms with Crippen molar-refractivity contribution in [3.8, 4) is 0 Å². The molecule has 6 nitrogen and oxygen atoms in total. The van der Waals surface area contributed by atoms with Crippen LogP contribution in [0.15, 0.2) is 29.4 Å². The monoisotopic (exact) mass is 258 g/mol. The molecule has 0 atom stereocenters. The van der Waals surface area contributed by atoms with Crippen molar-refractivity contribution in [1.82, 2.24) is 5.43 Å². The zero-order valence-corrected chi connectivity index (χ0v) is 9.65. The summed E-state index contributed by atoms with van der Waals surface area (Å²) in [5.41, 5.74) is 2.29. The molecule has 0 aliphatic heterocycles. The lowest BCUT2D eigenvalue weighted by molar-refractivity contribution is -0.129. The van der Waals surface area contributed by atoms with Crippen molar-refractivity contribution in [1.29, 1.82) is 0 Å². The second kappa shape index (κ2) is 6.62. The first-order chi connectivity index (χ1) is 7.50. The maximum atomic E-state index is 11.4. The Labute approximate surface area is 102 Å². The number of carbonyl (C=O) groups is 2. The number of halogens is 1. The summed E-state index contributed by atoms with van der Waals surface area (Å²) in [6, 6.07) is 6.15. The molecular formula is C10H11ClN2O4. The smallest absolute Gasteiger partial charge is 0.351 e. The molecule has 1 rings (SSSR count). The van der Waals surface area contributed by atoms with E-state index in [1.165, 1.54) is 19.1 Å². The molecule has 92 valence electrons. The van der Waals surface area contributed by atoms with Crippen molar-refractivity contribution < 1.29 is 20.2 Å². The van der Waals surface area contributed by atoms with E-state index in [0.29, 0.717) is 10.6 Å². The van der Waals surface area contributed by atoms with E-state index in [0.717, 1.165) is 0 Å². The highest BCUT2D eigenvalue weighted by Crippen LogP contribution is 2.09. The van der Waals surface area contributed by atoms with Gasteiger partial charge in [-0.15, -0.1) is 0 Å². The maximum Gasteiger partial charge on any atom is 0.351 e. The Morgan fingerprint density at radius 2 is 1.82 bits per heavy atom. The van der Waals surface area contributed by atoms with E-state index in [2.05, 4.69) is 10.5 Å². The number of carbonyl (C=O) groups excluding carboxylic acids is 1. The van der Waals surface area contributed by atoms with Crippen LogP contribution in [-0.2, 0) is 4.79 Å². The van der Waals surface area contributed by atoms with Crippen molar-refractivity contribution in [2.24, 2.45) is 5.10 Å². The highest BCUT2D eigenvalue weighted by molar-refractivity contribution is 6.34. The predicted molar refractivity (Wildman–Crippen MR) is 63.3 cm³/mol. The molecule has 0 saturated carbocycles. The molecule has 17 heavy (non-hydrogen) atoms. The minimum atomic E-state index is -1.18. The molecule has 0 unspecified atom stereocenters. The SMILES string of the molecule is C/C(=N\NC(=O)c1ccc(Cl)cc1)C(=O)O.O. The van der Waals surface area contributed by atoms with Gasteiger partial charge in [-0.3, -0.25) is 4.79 Å². The standard InChI is InChI=1S/C10H9ClN2O3.H2O/c1-6(10(15)16)12-13-9(14)7-2-4-8(11)5-3-7;/h2-5H,1H3,(H,13,14)(H,15,16);1H2/b12-6+;. The number of rotatable bonds is 3. The van der Waals surface area contributed by atoms with E-state index in [4.69, 9.17) is 16.7 Å². The van der Waals surface area contributed by atoms with Crippen LogP contribution in [0, 0.1) is 0 Å². The first-order valence-corrected chi connectivity index (χ1v) is 4.72. The normalized spacial score (nSPS) is 10.4. The van der Waals surface area contributed by atoms with E-state index in [1.807, 2.05) is 0 Å². The molecule has 1 amide bonds. The van der Waals surface area contributed by atoms with Gasteiger partial charge in [0.15, 0.2) is 0 Å². The van der Waals surface area contributed by atoms with Gasteiger partial charge < -0.3 is 10.6 Å². The van der Waals surface area contributed by atoms with Gasteiger partial charge in [-0.25, -0.2) is 10.2 Å². The Balaban J connectivity index is 0.00000256. The number of carboxylic acids is 1. The summed E-state index contributed by atoms with van der Waals surface area (Å²) in [5.74, 6) is -1.67. The number of nitrogens with zero attached hydrogens (tertiary/aromatic N) is 1. The van der Waals surface area contributed by atoms with Crippen LogP contribution in [0.5, 0.6) is 0 Å². The fraction of sp³-hybridized carbons (Fsp3) is 0.100. The zero-order chi connectivity index (χ0) is 12.1. The van der Waals surface area contributed by atoms with Crippen LogP contribution in [0.4, 0.5) is 0 Å². The van der Waals surface area contributed by atoms with E-state index < -0.39 is 11.9 Å². The van der Waals surface area contributed by atoms with Crippen LogP contribution in [0.25, 0.3) is 0 Å². The quantitative estimate of drug-likeness (QED) is 0.615. The third-order valence-electron chi connectivity index (χ3n) is 1.74. The van der Waals surface area contributed by atoms with Gasteiger partial charge in [0.1, 0.15) is 5.71 Å². The molecule has 0 bridgehead atoms. The summed E-state index contributed by atoms with van der Waals surface area (Å²) in [6.45, 7) is 1.28. The molecular weight excluding hydrogens is 248 g/mol. The fourth-order valence-corrected chi connectivity index (χ4v) is 0.974. The number of carboxylic acid groups (broad SMARTS) is 1. The molecule has 0 aliphatic rings. The van der Waals surface area contributed by atoms with Gasteiger partial charge in [0, 0.05) is 10.6 Å². The average molecular weight is 259 g/mol. The summed E-state index contributed by atoms with van der Waals surface area (Å²) >= 11 is 5.65. The van der Waals surface area contributed by atoms with Crippen LogP contribution in [0.3, 0.4) is 0 Å². The lowest BCUT2D eigenvalue weighted by Crippen LogP contribution is -2.21. The molecule has 4 N–H and O–H groups in total. The van der Waals surface area contributed by atoms with Crippen molar-refractivity contribution in [2.75, 3.05) is 0 Å². The molecule has 1 aromatic rings. The first-order valence-electron chi connectivity index (χ1n) is 4.34. The first kappa shape index (κ1) is 15.1. The number of hydrogen-bond donors (Lipinski definition) is 2. The van der Waals surface area contributed by atoms with Gasteiger partial charge in [0.25, 0.3) is 5.91 Å². The van der Waals surface area contributed by atoms with Gasteiger partial charge in [0.2, 0.25) is 0 Å². The lowest BCUT2D eigenvalue weighted by atomic mass is 10.2. The summed E-state index contributed by atoms with van der Waals surface area (Å²) in [6.07, 6.45) is 0. The summed E-state index contributed by atoms with van der Waals surface area (Å²) in [7, 11) is 0. The highest BCUT2D eigenvalue weighted by atomic mass is 35.5. The van der Waals surface area contributed by atoms with Gasteiger partial charge in [-0.1, -0.05) is 11.6 Å². The van der Waals surface area contributed by atoms with Gasteiger partial charge in [-0.2, -0.15) is 5.10 Å². The fourth-order valence-electron chi connectivity index (χ4n) is 0.848. The zero-order valence-electron chi connectivity index (χ0n) is 8.90. The molecule has 0 aliphatic carbocycles. The number of hydrazone groups is 1. The van der Waals surface area contributed by atoms with Crippen LogP contribution in [0.2, 0.25) is 5.02 Å². The molecule has 0 fully saturated rings. The van der Waals surface area contributed by atoms with Crippen LogP contribution < -0.4 is 5.43 Å². The topological polar surface area (TPSA) is 110 Å². The van der Waals surface area contributed by atoms with E-state index >= 15 is 0 Å². The summed E-state index contributed by atoms with van der Waals surface area (Å²) in [4.78, 5) is 21.8. The second-order valence-electron chi connectivity index (χ2n) is 2.95. The Bertz CT molecular complexity index is 442. The molecule has 0 aromatic heterocycles. The molecule has 0 spiro atoms. The lowest BCUT2D eigenvalue weighted by Gasteiger charge is -2.00. The van der Waals surface area contributed by atoms with Gasteiger partial charge in [-0.05, 0) is 31.2 Å². The number of aliphatic carboxylic acids is 1. The number of hydrogen-bond acceptors (Lipinski definition) is 3. The number of amides is 1. The molecule has 0 radical (unpaired) electrons. The van der Waals surface area contributed by atoms with Crippen molar-refractivity contribution in [3.63, 3.8) is 0 Å². The van der Waals surface area contributed by atoms with E-state index in [9.17, 15) is 9.59 Å². The van der Waals surface area contributed by atoms with E-state index in [-0.39, 0.29) is 11.2 Å². The Morgan fingerprint density at radius 3 is 2.29 bits per heavy atom. The maximum absolute atomic E-state index is 11.4. The minimum absolute atomic E-state index is 0. The van der Waals surface area contributed by atoms with Gasteiger partial charge >= 0.3 is 5.97 Å². The average Bonchev–Trinajstić information content (AvgIpc) is 2.26. The summed E-state index contributed by atoms with van der Waals surface area (Å²) < 4.78 is 0. The second-order valence-corrected chi connectivity index (χ2v) is 3.39. The number of benzene rings is 1. The Kier molecular flexibility index (Phi) is 5.87. The Morgan fingerprint density at radius 1 is 1.29 bits per heavy atom. The minimum Gasteiger partial charge on any atom is -0.477 e. The van der Waals surface area contributed by atoms with Crippen LogP contribution in [-0.4, -0.2) is 28.2 Å².